The number of carbonyl (C=O) groups is 1. The van der Waals surface area contributed by atoms with Crippen LogP contribution < -0.4 is 10.6 Å². The Bertz CT molecular complexity index is 178. The summed E-state index contributed by atoms with van der Waals surface area (Å²) in [4.78, 5) is 13.6. The molecule has 1 amide bonds. The van der Waals surface area contributed by atoms with E-state index in [0.717, 1.165) is 38.9 Å². The first kappa shape index (κ1) is 11.5. The number of rotatable bonds is 5. The molecule has 1 aliphatic heterocycles. The summed E-state index contributed by atoms with van der Waals surface area (Å²) in [5.74, 6) is 0.249. The lowest BCUT2D eigenvalue weighted by molar-refractivity contribution is -0.131. The Morgan fingerprint density at radius 2 is 2.43 bits per heavy atom. The highest BCUT2D eigenvalue weighted by Gasteiger charge is 2.24. The summed E-state index contributed by atoms with van der Waals surface area (Å²) < 4.78 is 0. The number of nitrogens with zero attached hydrogens (tertiary/aromatic N) is 1. The maximum absolute atomic E-state index is 11.8. The van der Waals surface area contributed by atoms with Gasteiger partial charge in [0.2, 0.25) is 5.91 Å². The van der Waals surface area contributed by atoms with Gasteiger partial charge in [0.15, 0.2) is 0 Å². The summed E-state index contributed by atoms with van der Waals surface area (Å²) >= 11 is 0. The second kappa shape index (κ2) is 5.98. The molecule has 4 nitrogen and oxygen atoms in total. The highest BCUT2D eigenvalue weighted by molar-refractivity contribution is 5.81. The minimum atomic E-state index is 0.0783. The van der Waals surface area contributed by atoms with Crippen molar-refractivity contribution in [2.24, 2.45) is 0 Å². The van der Waals surface area contributed by atoms with Gasteiger partial charge in [0.05, 0.1) is 6.04 Å². The third-order valence-corrected chi connectivity index (χ3v) is 2.65. The fraction of sp³-hybridized carbons (Fsp3) is 0.900. The van der Waals surface area contributed by atoms with Gasteiger partial charge in [0.25, 0.3) is 0 Å². The van der Waals surface area contributed by atoms with Crippen molar-refractivity contribution in [3.8, 4) is 0 Å². The van der Waals surface area contributed by atoms with E-state index in [4.69, 9.17) is 0 Å². The van der Waals surface area contributed by atoms with E-state index >= 15 is 0 Å². The Morgan fingerprint density at radius 3 is 3.00 bits per heavy atom. The molecule has 1 aliphatic rings. The zero-order valence-electron chi connectivity index (χ0n) is 9.18. The smallest absolute Gasteiger partial charge is 0.239 e. The molecule has 1 heterocycles. The van der Waals surface area contributed by atoms with Crippen LogP contribution >= 0.6 is 0 Å². The molecule has 1 unspecified atom stereocenters. The molecule has 1 saturated heterocycles. The average molecular weight is 199 g/mol. The Kier molecular flexibility index (Phi) is 4.90. The van der Waals surface area contributed by atoms with Crippen LogP contribution in [0.1, 0.15) is 19.3 Å². The highest BCUT2D eigenvalue weighted by Crippen LogP contribution is 2.07. The van der Waals surface area contributed by atoms with Gasteiger partial charge in [-0.2, -0.15) is 0 Å². The third kappa shape index (κ3) is 3.27. The lowest BCUT2D eigenvalue weighted by Crippen LogP contribution is -2.42. The Morgan fingerprint density at radius 1 is 1.64 bits per heavy atom. The van der Waals surface area contributed by atoms with Gasteiger partial charge in [-0.25, -0.2) is 0 Å². The van der Waals surface area contributed by atoms with Crippen molar-refractivity contribution in [3.05, 3.63) is 0 Å². The van der Waals surface area contributed by atoms with E-state index in [-0.39, 0.29) is 11.9 Å². The van der Waals surface area contributed by atoms with Crippen LogP contribution in [0.4, 0.5) is 0 Å². The molecule has 0 bridgehead atoms. The van der Waals surface area contributed by atoms with Crippen LogP contribution in [0, 0.1) is 0 Å². The number of hydrogen-bond acceptors (Lipinski definition) is 3. The molecule has 14 heavy (non-hydrogen) atoms. The van der Waals surface area contributed by atoms with Gasteiger partial charge in [0, 0.05) is 13.6 Å². The Balaban J connectivity index is 2.21. The molecule has 0 aliphatic carbocycles. The standard InChI is InChI=1S/C10H21N3O/c1-11-6-4-8-13(2)10(14)9-5-3-7-12-9/h9,11-12H,3-8H2,1-2H3. The summed E-state index contributed by atoms with van der Waals surface area (Å²) in [5.41, 5.74) is 0. The zero-order chi connectivity index (χ0) is 10.4. The van der Waals surface area contributed by atoms with E-state index in [2.05, 4.69) is 10.6 Å². The maximum Gasteiger partial charge on any atom is 0.239 e. The number of hydrogen-bond donors (Lipinski definition) is 2. The predicted molar refractivity (Wildman–Crippen MR) is 57.2 cm³/mol. The Labute approximate surface area is 86.0 Å². The van der Waals surface area contributed by atoms with E-state index < -0.39 is 0 Å². The number of amides is 1. The fourth-order valence-electron chi connectivity index (χ4n) is 1.76. The van der Waals surface area contributed by atoms with Gasteiger partial charge in [-0.05, 0) is 39.4 Å². The van der Waals surface area contributed by atoms with E-state index in [1.165, 1.54) is 0 Å². The minimum Gasteiger partial charge on any atom is -0.344 e. The third-order valence-electron chi connectivity index (χ3n) is 2.65. The number of likely N-dealkylation sites (N-methyl/N-ethyl adjacent to an activating group) is 1. The van der Waals surface area contributed by atoms with Crippen molar-refractivity contribution in [2.45, 2.75) is 25.3 Å². The lowest BCUT2D eigenvalue weighted by atomic mass is 10.2. The number of nitrogens with one attached hydrogen (secondary N) is 2. The fourth-order valence-corrected chi connectivity index (χ4v) is 1.76. The molecule has 1 atom stereocenters. The SMILES string of the molecule is CNCCCN(C)C(=O)C1CCCN1. The van der Waals surface area contributed by atoms with Gasteiger partial charge < -0.3 is 15.5 Å². The summed E-state index contributed by atoms with van der Waals surface area (Å²) in [6.45, 7) is 2.80. The molecular weight excluding hydrogens is 178 g/mol. The van der Waals surface area contributed by atoms with Crippen LogP contribution in [0.3, 0.4) is 0 Å². The minimum absolute atomic E-state index is 0.0783. The van der Waals surface area contributed by atoms with Crippen LogP contribution in [0.15, 0.2) is 0 Å². The maximum atomic E-state index is 11.8. The van der Waals surface area contributed by atoms with Crippen molar-refractivity contribution in [1.29, 1.82) is 0 Å². The largest absolute Gasteiger partial charge is 0.344 e. The van der Waals surface area contributed by atoms with Crippen molar-refractivity contribution < 1.29 is 4.79 Å². The molecule has 0 aromatic rings. The quantitative estimate of drug-likeness (QED) is 0.603. The van der Waals surface area contributed by atoms with Crippen LogP contribution in [0.5, 0.6) is 0 Å². The van der Waals surface area contributed by atoms with Gasteiger partial charge in [-0.1, -0.05) is 0 Å². The molecule has 0 aromatic heterocycles. The normalized spacial score (nSPS) is 21.1. The van der Waals surface area contributed by atoms with Crippen molar-refractivity contribution in [2.75, 3.05) is 33.7 Å². The van der Waals surface area contributed by atoms with Crippen LogP contribution in [0.2, 0.25) is 0 Å². The van der Waals surface area contributed by atoms with Gasteiger partial charge in [0.1, 0.15) is 0 Å². The van der Waals surface area contributed by atoms with Gasteiger partial charge in [-0.15, -0.1) is 0 Å². The molecule has 0 spiro atoms. The van der Waals surface area contributed by atoms with Gasteiger partial charge >= 0.3 is 0 Å². The molecule has 0 saturated carbocycles. The van der Waals surface area contributed by atoms with Crippen molar-refractivity contribution >= 4 is 5.91 Å². The van der Waals surface area contributed by atoms with E-state index in [9.17, 15) is 4.79 Å². The highest BCUT2D eigenvalue weighted by atomic mass is 16.2. The van der Waals surface area contributed by atoms with E-state index in [1.807, 2.05) is 19.0 Å². The monoisotopic (exact) mass is 199 g/mol. The molecule has 4 heteroatoms. The van der Waals surface area contributed by atoms with Crippen LogP contribution in [0.25, 0.3) is 0 Å². The average Bonchev–Trinajstić information content (AvgIpc) is 2.69. The first-order chi connectivity index (χ1) is 6.75. The molecule has 82 valence electrons. The topological polar surface area (TPSA) is 44.4 Å². The van der Waals surface area contributed by atoms with Crippen molar-refractivity contribution in [1.82, 2.24) is 15.5 Å². The first-order valence-electron chi connectivity index (χ1n) is 5.38. The summed E-state index contributed by atoms with van der Waals surface area (Å²) in [5, 5.41) is 6.30. The summed E-state index contributed by atoms with van der Waals surface area (Å²) in [6, 6.07) is 0.0783. The van der Waals surface area contributed by atoms with Crippen LogP contribution in [-0.2, 0) is 4.79 Å². The summed E-state index contributed by atoms with van der Waals surface area (Å²) in [6.07, 6.45) is 3.14. The van der Waals surface area contributed by atoms with E-state index in [1.54, 1.807) is 0 Å². The predicted octanol–water partition coefficient (Wildman–Crippen LogP) is -0.194. The lowest BCUT2D eigenvalue weighted by Gasteiger charge is -2.20. The second-order valence-electron chi connectivity index (χ2n) is 3.87. The molecule has 1 fully saturated rings. The molecule has 2 N–H and O–H groups in total. The van der Waals surface area contributed by atoms with Crippen LogP contribution in [-0.4, -0.2) is 50.6 Å². The Hall–Kier alpha value is -0.610. The number of carbonyl (C=O) groups excluding carboxylic acids is 1. The molecule has 1 rings (SSSR count). The van der Waals surface area contributed by atoms with E-state index in [0.29, 0.717) is 0 Å². The second-order valence-corrected chi connectivity index (χ2v) is 3.87. The summed E-state index contributed by atoms with van der Waals surface area (Å²) in [7, 11) is 3.82. The first-order valence-corrected chi connectivity index (χ1v) is 5.38. The molecular formula is C10H21N3O. The van der Waals surface area contributed by atoms with Crippen molar-refractivity contribution in [3.63, 3.8) is 0 Å². The molecule has 0 aromatic carbocycles. The zero-order valence-corrected chi connectivity index (χ0v) is 9.18. The van der Waals surface area contributed by atoms with Gasteiger partial charge in [-0.3, -0.25) is 4.79 Å². The molecule has 0 radical (unpaired) electrons.